The normalized spacial score (nSPS) is 10.2. The van der Waals surface area contributed by atoms with E-state index >= 15 is 0 Å². The zero-order valence-electron chi connectivity index (χ0n) is 13.4. The largest absolute Gasteiger partial charge is 0.493 e. The SMILES string of the molecule is C=CCc1cc(C(=O)Nc2ccc(F)c(F)c2)cc(OC)c1OC. The van der Waals surface area contributed by atoms with E-state index in [4.69, 9.17) is 9.47 Å². The number of allylic oxidation sites excluding steroid dienone is 1. The lowest BCUT2D eigenvalue weighted by Crippen LogP contribution is -2.13. The van der Waals surface area contributed by atoms with Crippen LogP contribution in [0.3, 0.4) is 0 Å². The molecule has 0 spiro atoms. The van der Waals surface area contributed by atoms with E-state index in [0.29, 0.717) is 23.5 Å². The Balaban J connectivity index is 2.35. The molecule has 2 aromatic carbocycles. The maximum absolute atomic E-state index is 13.2. The highest BCUT2D eigenvalue weighted by Gasteiger charge is 2.16. The molecule has 0 aliphatic carbocycles. The topological polar surface area (TPSA) is 47.6 Å². The number of methoxy groups -OCH3 is 2. The number of benzene rings is 2. The lowest BCUT2D eigenvalue weighted by Gasteiger charge is -2.14. The van der Waals surface area contributed by atoms with Crippen molar-refractivity contribution in [1.29, 1.82) is 0 Å². The number of halogens is 2. The number of carbonyl (C=O) groups is 1. The molecule has 0 saturated heterocycles. The van der Waals surface area contributed by atoms with E-state index in [0.717, 1.165) is 17.7 Å². The maximum Gasteiger partial charge on any atom is 0.255 e. The van der Waals surface area contributed by atoms with Crippen molar-refractivity contribution in [2.45, 2.75) is 6.42 Å². The Morgan fingerprint density at radius 1 is 1.17 bits per heavy atom. The molecule has 0 saturated carbocycles. The summed E-state index contributed by atoms with van der Waals surface area (Å²) in [6.07, 6.45) is 2.15. The summed E-state index contributed by atoms with van der Waals surface area (Å²) in [5, 5.41) is 2.52. The summed E-state index contributed by atoms with van der Waals surface area (Å²) in [5.74, 6) is -1.58. The first-order valence-electron chi connectivity index (χ1n) is 7.12. The second-order valence-corrected chi connectivity index (χ2v) is 4.95. The van der Waals surface area contributed by atoms with Gasteiger partial charge < -0.3 is 14.8 Å². The van der Waals surface area contributed by atoms with Crippen LogP contribution in [0, 0.1) is 11.6 Å². The summed E-state index contributed by atoms with van der Waals surface area (Å²) in [4.78, 5) is 12.4. The molecule has 0 radical (unpaired) electrons. The van der Waals surface area contributed by atoms with Crippen molar-refractivity contribution in [3.63, 3.8) is 0 Å². The first-order valence-corrected chi connectivity index (χ1v) is 7.12. The molecule has 0 unspecified atom stereocenters. The van der Waals surface area contributed by atoms with E-state index in [2.05, 4.69) is 11.9 Å². The van der Waals surface area contributed by atoms with Gasteiger partial charge in [-0.15, -0.1) is 6.58 Å². The van der Waals surface area contributed by atoms with Gasteiger partial charge in [0.1, 0.15) is 0 Å². The first kappa shape index (κ1) is 17.5. The van der Waals surface area contributed by atoms with Crippen LogP contribution in [-0.2, 0) is 6.42 Å². The molecule has 0 fully saturated rings. The minimum absolute atomic E-state index is 0.152. The molecule has 2 rings (SSSR count). The Hall–Kier alpha value is -2.89. The fraction of sp³-hybridized carbons (Fsp3) is 0.167. The van der Waals surface area contributed by atoms with Crippen LogP contribution in [0.25, 0.3) is 0 Å². The highest BCUT2D eigenvalue weighted by Crippen LogP contribution is 2.33. The van der Waals surface area contributed by atoms with Crippen LogP contribution in [0.2, 0.25) is 0 Å². The number of nitrogens with one attached hydrogen (secondary N) is 1. The van der Waals surface area contributed by atoms with Crippen LogP contribution in [0.5, 0.6) is 11.5 Å². The van der Waals surface area contributed by atoms with Crippen molar-refractivity contribution in [2.24, 2.45) is 0 Å². The van der Waals surface area contributed by atoms with Gasteiger partial charge in [0, 0.05) is 22.9 Å². The molecule has 0 aromatic heterocycles. The third-order valence-corrected chi connectivity index (χ3v) is 3.36. The lowest BCUT2D eigenvalue weighted by molar-refractivity contribution is 0.102. The molecule has 0 aliphatic heterocycles. The van der Waals surface area contributed by atoms with Gasteiger partial charge in [-0.2, -0.15) is 0 Å². The van der Waals surface area contributed by atoms with Crippen LogP contribution >= 0.6 is 0 Å². The monoisotopic (exact) mass is 333 g/mol. The fourth-order valence-electron chi connectivity index (χ4n) is 2.26. The molecular formula is C18H17F2NO3. The highest BCUT2D eigenvalue weighted by atomic mass is 19.2. The predicted octanol–water partition coefficient (Wildman–Crippen LogP) is 3.96. The van der Waals surface area contributed by atoms with Crippen LogP contribution < -0.4 is 14.8 Å². The molecule has 6 heteroatoms. The number of ether oxygens (including phenoxy) is 2. The van der Waals surface area contributed by atoms with E-state index in [1.54, 1.807) is 12.1 Å². The van der Waals surface area contributed by atoms with E-state index in [9.17, 15) is 13.6 Å². The van der Waals surface area contributed by atoms with E-state index in [1.807, 2.05) is 0 Å². The predicted molar refractivity (Wildman–Crippen MR) is 87.8 cm³/mol. The Morgan fingerprint density at radius 3 is 2.50 bits per heavy atom. The molecule has 1 amide bonds. The standard InChI is InChI=1S/C18H17F2NO3/c1-4-5-11-8-12(9-16(23-2)17(11)24-3)18(22)21-13-6-7-14(19)15(20)10-13/h4,6-10H,1,5H2,2-3H3,(H,21,22). The number of hydrogen-bond acceptors (Lipinski definition) is 3. The summed E-state index contributed by atoms with van der Waals surface area (Å²) < 4.78 is 36.7. The number of carbonyl (C=O) groups excluding carboxylic acids is 1. The van der Waals surface area contributed by atoms with Crippen molar-refractivity contribution in [3.05, 3.63) is 65.7 Å². The average Bonchev–Trinajstić information content (AvgIpc) is 2.57. The van der Waals surface area contributed by atoms with Gasteiger partial charge in [-0.1, -0.05) is 6.08 Å². The van der Waals surface area contributed by atoms with Gasteiger partial charge in [0.25, 0.3) is 5.91 Å². The molecule has 0 bridgehead atoms. The molecule has 126 valence electrons. The van der Waals surface area contributed by atoms with Crippen molar-refractivity contribution in [2.75, 3.05) is 19.5 Å². The van der Waals surface area contributed by atoms with Gasteiger partial charge in [-0.3, -0.25) is 4.79 Å². The third kappa shape index (κ3) is 3.71. The summed E-state index contributed by atoms with van der Waals surface area (Å²) in [7, 11) is 2.97. The molecule has 0 heterocycles. The van der Waals surface area contributed by atoms with Gasteiger partial charge in [0.15, 0.2) is 23.1 Å². The van der Waals surface area contributed by atoms with E-state index in [1.165, 1.54) is 26.4 Å². The number of anilines is 1. The lowest BCUT2D eigenvalue weighted by atomic mass is 10.0. The van der Waals surface area contributed by atoms with Crippen LogP contribution in [0.1, 0.15) is 15.9 Å². The molecule has 2 aromatic rings. The maximum atomic E-state index is 13.2. The third-order valence-electron chi connectivity index (χ3n) is 3.36. The zero-order valence-corrected chi connectivity index (χ0v) is 13.4. The Morgan fingerprint density at radius 2 is 1.92 bits per heavy atom. The zero-order chi connectivity index (χ0) is 17.7. The minimum Gasteiger partial charge on any atom is -0.493 e. The Labute approximate surface area is 138 Å². The van der Waals surface area contributed by atoms with Crippen molar-refractivity contribution in [1.82, 2.24) is 0 Å². The van der Waals surface area contributed by atoms with Crippen LogP contribution in [-0.4, -0.2) is 20.1 Å². The van der Waals surface area contributed by atoms with E-state index < -0.39 is 17.5 Å². The minimum atomic E-state index is -1.03. The second kappa shape index (κ2) is 7.59. The molecule has 0 atom stereocenters. The van der Waals surface area contributed by atoms with Crippen molar-refractivity contribution >= 4 is 11.6 Å². The van der Waals surface area contributed by atoms with E-state index in [-0.39, 0.29) is 5.69 Å². The molecular weight excluding hydrogens is 316 g/mol. The number of rotatable bonds is 6. The smallest absolute Gasteiger partial charge is 0.255 e. The van der Waals surface area contributed by atoms with Gasteiger partial charge in [0.05, 0.1) is 14.2 Å². The Kier molecular flexibility index (Phi) is 5.52. The molecule has 4 nitrogen and oxygen atoms in total. The summed E-state index contributed by atoms with van der Waals surface area (Å²) in [6.45, 7) is 3.67. The molecule has 24 heavy (non-hydrogen) atoms. The Bertz CT molecular complexity index is 775. The summed E-state index contributed by atoms with van der Waals surface area (Å²) in [5.41, 5.74) is 1.18. The number of amides is 1. The first-order chi connectivity index (χ1) is 11.5. The van der Waals surface area contributed by atoms with Crippen LogP contribution in [0.15, 0.2) is 43.0 Å². The highest BCUT2D eigenvalue weighted by molar-refractivity contribution is 6.04. The van der Waals surface area contributed by atoms with Crippen molar-refractivity contribution < 1.29 is 23.0 Å². The quantitative estimate of drug-likeness (QED) is 0.814. The van der Waals surface area contributed by atoms with Gasteiger partial charge in [0.2, 0.25) is 0 Å². The van der Waals surface area contributed by atoms with Gasteiger partial charge in [-0.25, -0.2) is 8.78 Å². The summed E-state index contributed by atoms with van der Waals surface area (Å²) >= 11 is 0. The van der Waals surface area contributed by atoms with Gasteiger partial charge >= 0.3 is 0 Å². The second-order valence-electron chi connectivity index (χ2n) is 4.95. The number of hydrogen-bond donors (Lipinski definition) is 1. The molecule has 0 aliphatic rings. The van der Waals surface area contributed by atoms with Crippen LogP contribution in [0.4, 0.5) is 14.5 Å². The fourth-order valence-corrected chi connectivity index (χ4v) is 2.26. The van der Waals surface area contributed by atoms with Gasteiger partial charge in [-0.05, 0) is 30.7 Å². The van der Waals surface area contributed by atoms with Crippen molar-refractivity contribution in [3.8, 4) is 11.5 Å². The summed E-state index contributed by atoms with van der Waals surface area (Å²) in [6, 6.07) is 6.29. The average molecular weight is 333 g/mol. The molecule has 1 N–H and O–H groups in total.